The molecule has 0 aromatic heterocycles. The number of carboxylic acids is 1. The third kappa shape index (κ3) is 4.74. The maximum atomic E-state index is 12.1. The second kappa shape index (κ2) is 7.75. The smallest absolute Gasteiger partial charge is 0.323 e. The van der Waals surface area contributed by atoms with Crippen LogP contribution in [0.1, 0.15) is 31.9 Å². The average molecular weight is 299 g/mol. The molecule has 1 aromatic carbocycles. The molecule has 0 saturated carbocycles. The number of carboxylic acid groups (broad SMARTS) is 1. The molecule has 6 heteroatoms. The third-order valence-corrected chi connectivity index (χ3v) is 3.16. The molecule has 0 aliphatic carbocycles. The molecule has 1 atom stereocenters. The van der Waals surface area contributed by atoms with Crippen molar-refractivity contribution in [2.45, 2.75) is 26.3 Å². The number of benzene rings is 1. The standard InChI is InChI=1S/C14H19ClN2O3/c1-3-8-17(9-13(18)19)14(20)16-10(2)11-6-4-5-7-12(11)15/h4-7,10H,3,8-9H2,1-2H3,(H,16,20)(H,18,19). The fourth-order valence-electron chi connectivity index (χ4n) is 1.87. The van der Waals surface area contributed by atoms with Crippen molar-refractivity contribution < 1.29 is 14.7 Å². The van der Waals surface area contributed by atoms with Gasteiger partial charge in [-0.1, -0.05) is 36.7 Å². The summed E-state index contributed by atoms with van der Waals surface area (Å²) in [6.45, 7) is 3.78. The van der Waals surface area contributed by atoms with Crippen LogP contribution in [0.3, 0.4) is 0 Å². The van der Waals surface area contributed by atoms with Gasteiger partial charge in [0.15, 0.2) is 0 Å². The second-order valence-electron chi connectivity index (χ2n) is 4.51. The van der Waals surface area contributed by atoms with Gasteiger partial charge in [-0.05, 0) is 25.0 Å². The number of carbonyl (C=O) groups is 2. The van der Waals surface area contributed by atoms with Crippen molar-refractivity contribution in [3.8, 4) is 0 Å². The summed E-state index contributed by atoms with van der Waals surface area (Å²) in [5.41, 5.74) is 0.800. The van der Waals surface area contributed by atoms with Crippen molar-refractivity contribution in [1.29, 1.82) is 0 Å². The molecule has 0 saturated heterocycles. The zero-order chi connectivity index (χ0) is 15.1. The molecule has 0 spiro atoms. The molecule has 20 heavy (non-hydrogen) atoms. The van der Waals surface area contributed by atoms with Gasteiger partial charge in [0.1, 0.15) is 6.54 Å². The van der Waals surface area contributed by atoms with Crippen LogP contribution in [0.2, 0.25) is 5.02 Å². The Kier molecular flexibility index (Phi) is 6.31. The molecule has 2 amide bonds. The van der Waals surface area contributed by atoms with Crippen molar-refractivity contribution in [1.82, 2.24) is 10.2 Å². The van der Waals surface area contributed by atoms with Gasteiger partial charge in [-0.3, -0.25) is 4.79 Å². The molecular weight excluding hydrogens is 280 g/mol. The molecule has 2 N–H and O–H groups in total. The first-order chi connectivity index (χ1) is 9.45. The van der Waals surface area contributed by atoms with Crippen LogP contribution >= 0.6 is 11.6 Å². The highest BCUT2D eigenvalue weighted by Gasteiger charge is 2.19. The minimum Gasteiger partial charge on any atom is -0.480 e. The molecule has 0 aliphatic rings. The molecule has 5 nitrogen and oxygen atoms in total. The number of urea groups is 1. The van der Waals surface area contributed by atoms with Crippen molar-refractivity contribution in [2.75, 3.05) is 13.1 Å². The van der Waals surface area contributed by atoms with Crippen LogP contribution in [0.4, 0.5) is 4.79 Å². The Bertz CT molecular complexity index is 479. The largest absolute Gasteiger partial charge is 0.480 e. The molecule has 0 bridgehead atoms. The van der Waals surface area contributed by atoms with E-state index in [4.69, 9.17) is 16.7 Å². The zero-order valence-electron chi connectivity index (χ0n) is 11.6. The highest BCUT2D eigenvalue weighted by molar-refractivity contribution is 6.31. The monoisotopic (exact) mass is 298 g/mol. The van der Waals surface area contributed by atoms with E-state index in [0.29, 0.717) is 18.0 Å². The van der Waals surface area contributed by atoms with Gasteiger partial charge >= 0.3 is 12.0 Å². The van der Waals surface area contributed by atoms with Crippen LogP contribution in [-0.2, 0) is 4.79 Å². The van der Waals surface area contributed by atoms with E-state index in [1.165, 1.54) is 4.90 Å². The first kappa shape index (κ1) is 16.3. The molecule has 0 heterocycles. The van der Waals surface area contributed by atoms with Gasteiger partial charge in [-0.15, -0.1) is 0 Å². The highest BCUT2D eigenvalue weighted by atomic mass is 35.5. The summed E-state index contributed by atoms with van der Waals surface area (Å²) >= 11 is 6.07. The lowest BCUT2D eigenvalue weighted by Crippen LogP contribution is -2.44. The summed E-state index contributed by atoms with van der Waals surface area (Å²) in [6.07, 6.45) is 0.696. The number of nitrogens with one attached hydrogen (secondary N) is 1. The van der Waals surface area contributed by atoms with Crippen molar-refractivity contribution >= 4 is 23.6 Å². The molecule has 0 radical (unpaired) electrons. The van der Waals surface area contributed by atoms with E-state index in [1.54, 1.807) is 6.07 Å². The first-order valence-electron chi connectivity index (χ1n) is 6.47. The van der Waals surface area contributed by atoms with Gasteiger partial charge < -0.3 is 15.3 Å². The molecular formula is C14H19ClN2O3. The minimum atomic E-state index is -1.03. The normalized spacial score (nSPS) is 11.8. The van der Waals surface area contributed by atoms with Crippen molar-refractivity contribution in [3.63, 3.8) is 0 Å². The Morgan fingerprint density at radius 2 is 2.05 bits per heavy atom. The van der Waals surface area contributed by atoms with Crippen molar-refractivity contribution in [2.24, 2.45) is 0 Å². The number of rotatable bonds is 6. The van der Waals surface area contributed by atoms with Gasteiger partial charge in [0.25, 0.3) is 0 Å². The van der Waals surface area contributed by atoms with Crippen LogP contribution in [0.15, 0.2) is 24.3 Å². The fraction of sp³-hybridized carbons (Fsp3) is 0.429. The lowest BCUT2D eigenvalue weighted by atomic mass is 10.1. The molecule has 1 rings (SSSR count). The number of hydrogen-bond acceptors (Lipinski definition) is 2. The van der Waals surface area contributed by atoms with Gasteiger partial charge in [-0.2, -0.15) is 0 Å². The van der Waals surface area contributed by atoms with Crippen LogP contribution in [-0.4, -0.2) is 35.1 Å². The van der Waals surface area contributed by atoms with Gasteiger partial charge in [-0.25, -0.2) is 4.79 Å². The summed E-state index contributed by atoms with van der Waals surface area (Å²) in [5, 5.41) is 12.1. The number of nitrogens with zero attached hydrogens (tertiary/aromatic N) is 1. The third-order valence-electron chi connectivity index (χ3n) is 2.82. The Balaban J connectivity index is 2.72. The summed E-state index contributed by atoms with van der Waals surface area (Å²) < 4.78 is 0. The Morgan fingerprint density at radius 1 is 1.40 bits per heavy atom. The van der Waals surface area contributed by atoms with E-state index in [-0.39, 0.29) is 12.6 Å². The molecule has 0 aliphatic heterocycles. The van der Waals surface area contributed by atoms with E-state index in [9.17, 15) is 9.59 Å². The molecule has 1 unspecified atom stereocenters. The van der Waals surface area contributed by atoms with Gasteiger partial charge in [0.2, 0.25) is 0 Å². The topological polar surface area (TPSA) is 69.6 Å². The van der Waals surface area contributed by atoms with E-state index >= 15 is 0 Å². The van der Waals surface area contributed by atoms with E-state index in [0.717, 1.165) is 5.56 Å². The van der Waals surface area contributed by atoms with Gasteiger partial charge in [0, 0.05) is 11.6 Å². The SMILES string of the molecule is CCCN(CC(=O)O)C(=O)NC(C)c1ccccc1Cl. The first-order valence-corrected chi connectivity index (χ1v) is 6.85. The maximum Gasteiger partial charge on any atom is 0.323 e. The van der Waals surface area contributed by atoms with E-state index in [1.807, 2.05) is 32.0 Å². The molecule has 1 aromatic rings. The van der Waals surface area contributed by atoms with Crippen molar-refractivity contribution in [3.05, 3.63) is 34.9 Å². The minimum absolute atomic E-state index is 0.288. The molecule has 0 fully saturated rings. The Morgan fingerprint density at radius 3 is 2.60 bits per heavy atom. The number of hydrogen-bond donors (Lipinski definition) is 2. The van der Waals surface area contributed by atoms with Crippen LogP contribution in [0.5, 0.6) is 0 Å². The summed E-state index contributed by atoms with van der Waals surface area (Å²) in [7, 11) is 0. The predicted molar refractivity (Wildman–Crippen MR) is 77.9 cm³/mol. The number of amides is 2. The lowest BCUT2D eigenvalue weighted by Gasteiger charge is -2.24. The van der Waals surface area contributed by atoms with Crippen LogP contribution < -0.4 is 5.32 Å². The number of aliphatic carboxylic acids is 1. The van der Waals surface area contributed by atoms with Crippen LogP contribution in [0, 0.1) is 0 Å². The quantitative estimate of drug-likeness (QED) is 0.848. The lowest BCUT2D eigenvalue weighted by molar-refractivity contribution is -0.137. The fourth-order valence-corrected chi connectivity index (χ4v) is 2.17. The van der Waals surface area contributed by atoms with Crippen LogP contribution in [0.25, 0.3) is 0 Å². The number of halogens is 1. The van der Waals surface area contributed by atoms with E-state index < -0.39 is 12.0 Å². The predicted octanol–water partition coefficient (Wildman–Crippen LogP) is 2.91. The average Bonchev–Trinajstić information content (AvgIpc) is 2.38. The number of carbonyl (C=O) groups excluding carboxylic acids is 1. The van der Waals surface area contributed by atoms with Gasteiger partial charge in [0.05, 0.1) is 6.04 Å². The molecule has 110 valence electrons. The maximum absolute atomic E-state index is 12.1. The summed E-state index contributed by atoms with van der Waals surface area (Å²) in [5.74, 6) is -1.03. The van der Waals surface area contributed by atoms with E-state index in [2.05, 4.69) is 5.32 Å². The Labute approximate surface area is 123 Å². The summed E-state index contributed by atoms with van der Waals surface area (Å²) in [4.78, 5) is 24.1. The zero-order valence-corrected chi connectivity index (χ0v) is 12.4. The second-order valence-corrected chi connectivity index (χ2v) is 4.92. The highest BCUT2D eigenvalue weighted by Crippen LogP contribution is 2.22. The Hall–Kier alpha value is -1.75. The summed E-state index contributed by atoms with van der Waals surface area (Å²) in [6, 6.07) is 6.54.